The van der Waals surface area contributed by atoms with Crippen LogP contribution in [0.4, 0.5) is 14.5 Å². The fourth-order valence-corrected chi connectivity index (χ4v) is 2.49. The predicted molar refractivity (Wildman–Crippen MR) is 90.7 cm³/mol. The number of carbonyl (C=O) groups is 1. The molecule has 0 aliphatic rings. The SMILES string of the molecule is COC(=O)C=Cc1nn(Cc2ccc(F)cc2F)c2cc(N)ccc12. The monoisotopic (exact) mass is 343 g/mol. The molecule has 0 spiro atoms. The Labute approximate surface area is 142 Å². The van der Waals surface area contributed by atoms with Crippen molar-refractivity contribution in [1.82, 2.24) is 9.78 Å². The number of ether oxygens (including phenoxy) is 1. The lowest BCUT2D eigenvalue weighted by molar-refractivity contribution is -0.134. The smallest absolute Gasteiger partial charge is 0.330 e. The second kappa shape index (κ2) is 6.72. The van der Waals surface area contributed by atoms with Crippen LogP contribution < -0.4 is 5.73 Å². The molecule has 128 valence electrons. The molecule has 2 N–H and O–H groups in total. The predicted octanol–water partition coefficient (Wildman–Crippen LogP) is 3.13. The Morgan fingerprint density at radius 2 is 2.08 bits per heavy atom. The number of rotatable bonds is 4. The van der Waals surface area contributed by atoms with Gasteiger partial charge in [-0.05, 0) is 30.3 Å². The fraction of sp³-hybridized carbons (Fsp3) is 0.111. The van der Waals surface area contributed by atoms with E-state index in [4.69, 9.17) is 5.73 Å². The topological polar surface area (TPSA) is 70.1 Å². The molecule has 3 rings (SSSR count). The lowest BCUT2D eigenvalue weighted by Gasteiger charge is -2.06. The number of carbonyl (C=O) groups excluding carboxylic acids is 1. The van der Waals surface area contributed by atoms with Crippen molar-refractivity contribution in [2.24, 2.45) is 0 Å². The molecule has 1 heterocycles. The van der Waals surface area contributed by atoms with Gasteiger partial charge in [0.25, 0.3) is 0 Å². The first-order valence-electron chi connectivity index (χ1n) is 7.44. The number of esters is 1. The Hall–Kier alpha value is -3.22. The zero-order chi connectivity index (χ0) is 18.0. The van der Waals surface area contributed by atoms with Crippen molar-refractivity contribution in [3.05, 3.63) is 65.4 Å². The number of benzene rings is 2. The summed E-state index contributed by atoms with van der Waals surface area (Å²) in [6, 6.07) is 8.58. The van der Waals surface area contributed by atoms with Gasteiger partial charge in [0.1, 0.15) is 11.6 Å². The van der Waals surface area contributed by atoms with Crippen molar-refractivity contribution in [1.29, 1.82) is 0 Å². The van der Waals surface area contributed by atoms with Crippen LogP contribution in [0.1, 0.15) is 11.3 Å². The van der Waals surface area contributed by atoms with E-state index in [-0.39, 0.29) is 12.1 Å². The van der Waals surface area contributed by atoms with Crippen molar-refractivity contribution >= 4 is 28.6 Å². The van der Waals surface area contributed by atoms with Gasteiger partial charge in [-0.25, -0.2) is 13.6 Å². The molecule has 25 heavy (non-hydrogen) atoms. The molecule has 0 saturated carbocycles. The Morgan fingerprint density at radius 3 is 2.80 bits per heavy atom. The first-order chi connectivity index (χ1) is 12.0. The highest BCUT2D eigenvalue weighted by atomic mass is 19.1. The van der Waals surface area contributed by atoms with E-state index in [2.05, 4.69) is 9.84 Å². The van der Waals surface area contributed by atoms with Crippen LogP contribution in [0.3, 0.4) is 0 Å². The Morgan fingerprint density at radius 1 is 1.28 bits per heavy atom. The molecule has 0 aliphatic carbocycles. The minimum absolute atomic E-state index is 0.0954. The van der Waals surface area contributed by atoms with Gasteiger partial charge in [-0.15, -0.1) is 0 Å². The molecule has 7 heteroatoms. The molecule has 0 radical (unpaired) electrons. The van der Waals surface area contributed by atoms with Crippen LogP contribution in [-0.2, 0) is 16.1 Å². The quantitative estimate of drug-likeness (QED) is 0.449. The van der Waals surface area contributed by atoms with Gasteiger partial charge in [0.15, 0.2) is 0 Å². The zero-order valence-corrected chi connectivity index (χ0v) is 13.4. The molecule has 0 saturated heterocycles. The average molecular weight is 343 g/mol. The second-order valence-electron chi connectivity index (χ2n) is 5.41. The molecular weight excluding hydrogens is 328 g/mol. The van der Waals surface area contributed by atoms with Crippen molar-refractivity contribution in [2.75, 3.05) is 12.8 Å². The number of halogens is 2. The van der Waals surface area contributed by atoms with E-state index in [0.29, 0.717) is 16.9 Å². The van der Waals surface area contributed by atoms with Gasteiger partial charge in [-0.1, -0.05) is 6.07 Å². The number of nitrogens with two attached hydrogens (primary N) is 1. The molecule has 3 aromatic rings. The number of nitrogen functional groups attached to an aromatic ring is 1. The van der Waals surface area contributed by atoms with E-state index in [0.717, 1.165) is 11.5 Å². The van der Waals surface area contributed by atoms with Gasteiger partial charge in [-0.3, -0.25) is 4.68 Å². The number of anilines is 1. The van der Waals surface area contributed by atoms with E-state index in [1.165, 1.54) is 31.4 Å². The van der Waals surface area contributed by atoms with Crippen LogP contribution in [0.25, 0.3) is 17.0 Å². The standard InChI is InChI=1S/C18H15F2N3O2/c1-25-18(24)7-6-16-14-5-4-13(21)9-17(14)23(22-16)10-11-2-3-12(19)8-15(11)20/h2-9H,10,21H2,1H3. The Bertz CT molecular complexity index is 980. The number of hydrogen-bond donors (Lipinski definition) is 1. The summed E-state index contributed by atoms with van der Waals surface area (Å²) in [6.45, 7) is 0.0954. The third-order valence-electron chi connectivity index (χ3n) is 3.72. The van der Waals surface area contributed by atoms with E-state index >= 15 is 0 Å². The van der Waals surface area contributed by atoms with Crippen LogP contribution >= 0.6 is 0 Å². The van der Waals surface area contributed by atoms with Gasteiger partial charge in [0, 0.05) is 28.8 Å². The summed E-state index contributed by atoms with van der Waals surface area (Å²) in [5.74, 6) is -1.81. The summed E-state index contributed by atoms with van der Waals surface area (Å²) < 4.78 is 33.1. The normalized spacial score (nSPS) is 11.3. The lowest BCUT2D eigenvalue weighted by Crippen LogP contribution is -2.04. The molecule has 0 fully saturated rings. The van der Waals surface area contributed by atoms with Crippen molar-refractivity contribution < 1.29 is 18.3 Å². The largest absolute Gasteiger partial charge is 0.466 e. The third-order valence-corrected chi connectivity index (χ3v) is 3.72. The van der Waals surface area contributed by atoms with E-state index < -0.39 is 17.6 Å². The number of fused-ring (bicyclic) bond motifs is 1. The number of hydrogen-bond acceptors (Lipinski definition) is 4. The summed E-state index contributed by atoms with van der Waals surface area (Å²) in [6.07, 6.45) is 2.77. The molecule has 0 unspecified atom stereocenters. The van der Waals surface area contributed by atoms with Gasteiger partial charge >= 0.3 is 5.97 Å². The molecule has 5 nitrogen and oxygen atoms in total. The molecular formula is C18H15F2N3O2. The molecule has 0 amide bonds. The van der Waals surface area contributed by atoms with Gasteiger partial charge in [0.05, 0.1) is 24.9 Å². The van der Waals surface area contributed by atoms with Gasteiger partial charge in [-0.2, -0.15) is 5.10 Å². The number of methoxy groups -OCH3 is 1. The van der Waals surface area contributed by atoms with Crippen molar-refractivity contribution in [3.63, 3.8) is 0 Å². The van der Waals surface area contributed by atoms with E-state index in [1.807, 2.05) is 0 Å². The summed E-state index contributed by atoms with van der Waals surface area (Å²) in [5.41, 5.74) is 7.84. The van der Waals surface area contributed by atoms with Crippen LogP contribution in [0, 0.1) is 11.6 Å². The summed E-state index contributed by atoms with van der Waals surface area (Å²) >= 11 is 0. The Kier molecular flexibility index (Phi) is 4.47. The van der Waals surface area contributed by atoms with Gasteiger partial charge < -0.3 is 10.5 Å². The molecule has 0 aliphatic heterocycles. The molecule has 0 atom stereocenters. The summed E-state index contributed by atoms with van der Waals surface area (Å²) in [5, 5.41) is 5.15. The highest BCUT2D eigenvalue weighted by Gasteiger charge is 2.12. The minimum Gasteiger partial charge on any atom is -0.466 e. The van der Waals surface area contributed by atoms with Crippen LogP contribution in [0.2, 0.25) is 0 Å². The molecule has 1 aromatic heterocycles. The number of nitrogens with zero attached hydrogens (tertiary/aromatic N) is 2. The zero-order valence-electron chi connectivity index (χ0n) is 13.4. The maximum absolute atomic E-state index is 13.9. The maximum atomic E-state index is 13.9. The highest BCUT2D eigenvalue weighted by Crippen LogP contribution is 2.24. The lowest BCUT2D eigenvalue weighted by atomic mass is 10.1. The highest BCUT2D eigenvalue weighted by molar-refractivity contribution is 5.93. The minimum atomic E-state index is -0.654. The van der Waals surface area contributed by atoms with Crippen molar-refractivity contribution in [3.8, 4) is 0 Å². The second-order valence-corrected chi connectivity index (χ2v) is 5.41. The first-order valence-corrected chi connectivity index (χ1v) is 7.44. The van der Waals surface area contributed by atoms with Crippen LogP contribution in [-0.4, -0.2) is 22.9 Å². The maximum Gasteiger partial charge on any atom is 0.330 e. The van der Waals surface area contributed by atoms with E-state index in [1.54, 1.807) is 22.9 Å². The van der Waals surface area contributed by atoms with Crippen LogP contribution in [0.15, 0.2) is 42.5 Å². The summed E-state index contributed by atoms with van der Waals surface area (Å²) in [4.78, 5) is 11.3. The third kappa shape index (κ3) is 3.50. The van der Waals surface area contributed by atoms with E-state index in [9.17, 15) is 13.6 Å². The number of aromatic nitrogens is 2. The first kappa shape index (κ1) is 16.6. The molecule has 0 bridgehead atoms. The van der Waals surface area contributed by atoms with Gasteiger partial charge in [0.2, 0.25) is 0 Å². The summed E-state index contributed by atoms with van der Waals surface area (Å²) in [7, 11) is 1.28. The average Bonchev–Trinajstić information content (AvgIpc) is 2.92. The fourth-order valence-electron chi connectivity index (χ4n) is 2.49. The van der Waals surface area contributed by atoms with Crippen LogP contribution in [0.5, 0.6) is 0 Å². The Balaban J connectivity index is 2.06. The van der Waals surface area contributed by atoms with Crippen molar-refractivity contribution in [2.45, 2.75) is 6.54 Å². The molecule has 2 aromatic carbocycles.